The molecule has 88 valence electrons. The molecule has 0 aliphatic heterocycles. The summed E-state index contributed by atoms with van der Waals surface area (Å²) < 4.78 is 0.0359. The Balaban J connectivity index is 2.60. The number of hydrogen-bond acceptors (Lipinski definition) is 4. The summed E-state index contributed by atoms with van der Waals surface area (Å²) in [6.07, 6.45) is 3.56. The zero-order chi connectivity index (χ0) is 12.2. The van der Waals surface area contributed by atoms with Crippen LogP contribution in [0.5, 0.6) is 0 Å². The van der Waals surface area contributed by atoms with Crippen molar-refractivity contribution in [3.05, 3.63) is 23.9 Å². The Labute approximate surface area is 100 Å². The van der Waals surface area contributed by atoms with Gasteiger partial charge < -0.3 is 11.1 Å². The number of carbonyl (C=O) groups is 1. The lowest BCUT2D eigenvalue weighted by Crippen LogP contribution is -2.36. The zero-order valence-corrected chi connectivity index (χ0v) is 10.6. The Morgan fingerprint density at radius 3 is 2.88 bits per heavy atom. The quantitative estimate of drug-likeness (QED) is 0.836. The molecule has 0 saturated heterocycles. The number of hydrogen-bond donors (Lipinski definition) is 2. The van der Waals surface area contributed by atoms with E-state index < -0.39 is 0 Å². The van der Waals surface area contributed by atoms with E-state index in [4.69, 9.17) is 5.73 Å². The van der Waals surface area contributed by atoms with Crippen LogP contribution in [-0.2, 0) is 0 Å². The molecule has 5 heteroatoms. The third-order valence-corrected chi connectivity index (χ3v) is 3.52. The third-order valence-electron chi connectivity index (χ3n) is 2.27. The monoisotopic (exact) mass is 239 g/mol. The van der Waals surface area contributed by atoms with Gasteiger partial charge in [-0.25, -0.2) is 4.98 Å². The largest absolute Gasteiger partial charge is 0.384 e. The highest BCUT2D eigenvalue weighted by atomic mass is 32.2. The molecule has 0 aliphatic carbocycles. The standard InChI is InChI=1S/C11H17N3OS/c1-11(2,16-3)7-14-10(15)8-4-5-13-9(12)6-8/h4-6H,7H2,1-3H3,(H2,12,13)(H,14,15). The van der Waals surface area contributed by atoms with E-state index in [2.05, 4.69) is 24.1 Å². The van der Waals surface area contributed by atoms with Gasteiger partial charge >= 0.3 is 0 Å². The van der Waals surface area contributed by atoms with E-state index in [1.54, 1.807) is 23.9 Å². The van der Waals surface area contributed by atoms with Gasteiger partial charge in [0.05, 0.1) is 0 Å². The molecule has 0 fully saturated rings. The van der Waals surface area contributed by atoms with E-state index in [0.717, 1.165) is 0 Å². The van der Waals surface area contributed by atoms with Crippen molar-refractivity contribution in [1.82, 2.24) is 10.3 Å². The average Bonchev–Trinajstić information content (AvgIpc) is 2.26. The SMILES string of the molecule is CSC(C)(C)CNC(=O)c1ccnc(N)c1. The number of carbonyl (C=O) groups excluding carboxylic acids is 1. The summed E-state index contributed by atoms with van der Waals surface area (Å²) in [7, 11) is 0. The maximum Gasteiger partial charge on any atom is 0.251 e. The molecule has 4 nitrogen and oxygen atoms in total. The van der Waals surface area contributed by atoms with Crippen LogP contribution < -0.4 is 11.1 Å². The summed E-state index contributed by atoms with van der Waals surface area (Å²) in [5.74, 6) is 0.244. The van der Waals surface area contributed by atoms with Crippen LogP contribution in [-0.4, -0.2) is 28.4 Å². The second kappa shape index (κ2) is 5.21. The molecular weight excluding hydrogens is 222 g/mol. The maximum atomic E-state index is 11.8. The number of nitrogens with two attached hydrogens (primary N) is 1. The number of pyridine rings is 1. The topological polar surface area (TPSA) is 68.0 Å². The van der Waals surface area contributed by atoms with Gasteiger partial charge in [0.1, 0.15) is 5.82 Å². The minimum Gasteiger partial charge on any atom is -0.384 e. The number of amides is 1. The van der Waals surface area contributed by atoms with Crippen LogP contribution in [0.15, 0.2) is 18.3 Å². The molecule has 0 aliphatic rings. The van der Waals surface area contributed by atoms with E-state index in [1.165, 1.54) is 6.20 Å². The van der Waals surface area contributed by atoms with Gasteiger partial charge in [-0.1, -0.05) is 0 Å². The first-order valence-electron chi connectivity index (χ1n) is 4.99. The maximum absolute atomic E-state index is 11.8. The van der Waals surface area contributed by atoms with Crippen LogP contribution in [0.3, 0.4) is 0 Å². The summed E-state index contributed by atoms with van der Waals surface area (Å²) in [6.45, 7) is 4.78. The average molecular weight is 239 g/mol. The zero-order valence-electron chi connectivity index (χ0n) is 9.78. The van der Waals surface area contributed by atoms with Gasteiger partial charge in [-0.3, -0.25) is 4.79 Å². The Hall–Kier alpha value is -1.23. The molecule has 1 heterocycles. The van der Waals surface area contributed by atoms with Crippen molar-refractivity contribution in [3.8, 4) is 0 Å². The number of thioether (sulfide) groups is 1. The van der Waals surface area contributed by atoms with Gasteiger partial charge in [0, 0.05) is 23.1 Å². The van der Waals surface area contributed by atoms with E-state index in [1.807, 2.05) is 6.26 Å². The van der Waals surface area contributed by atoms with Crippen molar-refractivity contribution in [2.45, 2.75) is 18.6 Å². The van der Waals surface area contributed by atoms with E-state index in [-0.39, 0.29) is 10.7 Å². The van der Waals surface area contributed by atoms with Gasteiger partial charge in [0.15, 0.2) is 0 Å². The van der Waals surface area contributed by atoms with Crippen LogP contribution in [0.4, 0.5) is 5.82 Å². The summed E-state index contributed by atoms with van der Waals surface area (Å²) in [4.78, 5) is 15.6. The van der Waals surface area contributed by atoms with Crippen molar-refractivity contribution in [1.29, 1.82) is 0 Å². The van der Waals surface area contributed by atoms with Crippen LogP contribution in [0.2, 0.25) is 0 Å². The van der Waals surface area contributed by atoms with Crippen molar-refractivity contribution < 1.29 is 4.79 Å². The molecule has 0 spiro atoms. The van der Waals surface area contributed by atoms with Crippen molar-refractivity contribution in [3.63, 3.8) is 0 Å². The van der Waals surface area contributed by atoms with Crippen molar-refractivity contribution >= 4 is 23.5 Å². The highest BCUT2D eigenvalue weighted by Gasteiger charge is 2.17. The number of nitrogens with zero attached hydrogens (tertiary/aromatic N) is 1. The van der Waals surface area contributed by atoms with E-state index in [0.29, 0.717) is 17.9 Å². The molecule has 1 amide bonds. The fourth-order valence-corrected chi connectivity index (χ4v) is 1.27. The number of anilines is 1. The molecule has 0 aromatic carbocycles. The lowest BCUT2D eigenvalue weighted by Gasteiger charge is -2.22. The van der Waals surface area contributed by atoms with Crippen LogP contribution in [0.1, 0.15) is 24.2 Å². The van der Waals surface area contributed by atoms with Gasteiger partial charge in [-0.2, -0.15) is 11.8 Å². The summed E-state index contributed by atoms with van der Waals surface area (Å²) in [5.41, 5.74) is 6.06. The van der Waals surface area contributed by atoms with Crippen LogP contribution in [0, 0.1) is 0 Å². The Bertz CT molecular complexity index is 379. The van der Waals surface area contributed by atoms with E-state index in [9.17, 15) is 4.79 Å². The molecule has 1 aromatic heterocycles. The molecule has 0 bridgehead atoms. The Morgan fingerprint density at radius 1 is 1.62 bits per heavy atom. The highest BCUT2D eigenvalue weighted by molar-refractivity contribution is 7.99. The molecule has 0 unspecified atom stereocenters. The lowest BCUT2D eigenvalue weighted by atomic mass is 10.2. The lowest BCUT2D eigenvalue weighted by molar-refractivity contribution is 0.0951. The molecule has 3 N–H and O–H groups in total. The molecule has 1 rings (SSSR count). The first-order chi connectivity index (χ1) is 7.44. The second-order valence-corrected chi connectivity index (χ2v) is 5.63. The predicted octanol–water partition coefficient (Wildman–Crippen LogP) is 1.54. The van der Waals surface area contributed by atoms with Crippen LogP contribution >= 0.6 is 11.8 Å². The fraction of sp³-hybridized carbons (Fsp3) is 0.455. The number of nitrogen functional groups attached to an aromatic ring is 1. The van der Waals surface area contributed by atoms with Crippen LogP contribution in [0.25, 0.3) is 0 Å². The van der Waals surface area contributed by atoms with Gasteiger partial charge in [0.25, 0.3) is 5.91 Å². The molecule has 1 aromatic rings. The molecule has 0 saturated carbocycles. The second-order valence-electron chi connectivity index (χ2n) is 4.12. The van der Waals surface area contributed by atoms with Gasteiger partial charge in [0.2, 0.25) is 0 Å². The van der Waals surface area contributed by atoms with Gasteiger partial charge in [-0.05, 0) is 32.2 Å². The molecule has 16 heavy (non-hydrogen) atoms. The first-order valence-corrected chi connectivity index (χ1v) is 6.22. The normalized spacial score (nSPS) is 11.2. The fourth-order valence-electron chi connectivity index (χ4n) is 1.06. The van der Waals surface area contributed by atoms with Crippen molar-refractivity contribution in [2.75, 3.05) is 18.5 Å². The smallest absolute Gasteiger partial charge is 0.251 e. The summed E-state index contributed by atoms with van der Waals surface area (Å²) in [5, 5.41) is 2.87. The predicted molar refractivity (Wildman–Crippen MR) is 68.6 cm³/mol. The Morgan fingerprint density at radius 2 is 2.31 bits per heavy atom. The minimum atomic E-state index is -0.115. The Kier molecular flexibility index (Phi) is 4.18. The van der Waals surface area contributed by atoms with Crippen molar-refractivity contribution in [2.24, 2.45) is 0 Å². The first kappa shape index (κ1) is 12.8. The van der Waals surface area contributed by atoms with E-state index >= 15 is 0 Å². The number of aromatic nitrogens is 1. The summed E-state index contributed by atoms with van der Waals surface area (Å²) >= 11 is 1.72. The molecular formula is C11H17N3OS. The van der Waals surface area contributed by atoms with Gasteiger partial charge in [-0.15, -0.1) is 0 Å². The number of rotatable bonds is 4. The molecule has 0 radical (unpaired) electrons. The number of nitrogens with one attached hydrogen (secondary N) is 1. The minimum absolute atomic E-state index is 0.0359. The molecule has 0 atom stereocenters. The summed E-state index contributed by atoms with van der Waals surface area (Å²) in [6, 6.07) is 3.22. The third kappa shape index (κ3) is 3.73. The highest BCUT2D eigenvalue weighted by Crippen LogP contribution is 2.19.